The molecule has 0 aromatic carbocycles. The molecule has 0 aliphatic heterocycles. The molecule has 0 spiro atoms. The maximum atomic E-state index is 12.3. The smallest absolute Gasteiger partial charge is 0.363 e. The van der Waals surface area contributed by atoms with Gasteiger partial charge in [0.2, 0.25) is 0 Å². The Hall–Kier alpha value is -0.970. The second-order valence-corrected chi connectivity index (χ2v) is 2.78. The Bertz CT molecular complexity index is 248. The number of halogens is 3. The van der Waals surface area contributed by atoms with Gasteiger partial charge in [-0.25, -0.2) is 0 Å². The summed E-state index contributed by atoms with van der Waals surface area (Å²) in [5.41, 5.74) is 2.78. The quantitative estimate of drug-likeness (QED) is 0.675. The van der Waals surface area contributed by atoms with Crippen LogP contribution in [0.5, 0.6) is 0 Å². The molecule has 0 unspecified atom stereocenters. The molecule has 0 radical (unpaired) electrons. The lowest BCUT2D eigenvalue weighted by Gasteiger charge is -2.26. The molecule has 68 valence electrons. The molecular formula is C7H9F3N2. The van der Waals surface area contributed by atoms with Gasteiger partial charge in [0, 0.05) is 11.9 Å². The molecule has 0 aliphatic rings. The third-order valence-electron chi connectivity index (χ3n) is 1.75. The molecule has 0 bridgehead atoms. The Balaban J connectivity index is 3.02. The summed E-state index contributed by atoms with van der Waals surface area (Å²) in [5, 5.41) is 0. The average molecular weight is 178 g/mol. The van der Waals surface area contributed by atoms with Crippen LogP contribution in [0.3, 0.4) is 0 Å². The Morgan fingerprint density at radius 3 is 2.33 bits per heavy atom. The standard InChI is InChI=1S/C7H9F3N2/c1-6(11,7(8,9)10)5-3-2-4-12-5/h2-4,12H,11H2,1H3/t6-/m1/s1. The molecule has 0 saturated heterocycles. The predicted molar refractivity (Wildman–Crippen MR) is 38.4 cm³/mol. The Morgan fingerprint density at radius 1 is 1.42 bits per heavy atom. The Morgan fingerprint density at radius 2 is 2.00 bits per heavy atom. The molecular weight excluding hydrogens is 169 g/mol. The summed E-state index contributed by atoms with van der Waals surface area (Å²) in [6.07, 6.45) is -3.02. The fourth-order valence-electron chi connectivity index (χ4n) is 0.806. The minimum Gasteiger partial charge on any atom is -0.363 e. The zero-order valence-electron chi connectivity index (χ0n) is 6.44. The predicted octanol–water partition coefficient (Wildman–Crippen LogP) is 1.75. The first-order valence-electron chi connectivity index (χ1n) is 3.35. The van der Waals surface area contributed by atoms with E-state index in [0.717, 1.165) is 6.92 Å². The molecule has 0 amide bonds. The van der Waals surface area contributed by atoms with Crippen LogP contribution in [0.4, 0.5) is 13.2 Å². The molecule has 1 atom stereocenters. The summed E-state index contributed by atoms with van der Waals surface area (Å²) in [6.45, 7) is 0.929. The highest BCUT2D eigenvalue weighted by molar-refractivity contribution is 5.16. The van der Waals surface area contributed by atoms with Gasteiger partial charge in [-0.15, -0.1) is 0 Å². The first kappa shape index (κ1) is 9.12. The summed E-state index contributed by atoms with van der Waals surface area (Å²) in [7, 11) is 0. The van der Waals surface area contributed by atoms with Crippen molar-refractivity contribution in [3.8, 4) is 0 Å². The van der Waals surface area contributed by atoms with Gasteiger partial charge in [-0.1, -0.05) is 0 Å². The number of nitrogens with one attached hydrogen (secondary N) is 1. The van der Waals surface area contributed by atoms with Crippen molar-refractivity contribution < 1.29 is 13.2 Å². The molecule has 0 fully saturated rings. The van der Waals surface area contributed by atoms with Crippen molar-refractivity contribution in [3.05, 3.63) is 24.0 Å². The van der Waals surface area contributed by atoms with E-state index in [1.165, 1.54) is 18.3 Å². The lowest BCUT2D eigenvalue weighted by molar-refractivity contribution is -0.185. The molecule has 1 aromatic rings. The van der Waals surface area contributed by atoms with Gasteiger partial charge >= 0.3 is 6.18 Å². The minimum atomic E-state index is -4.43. The van der Waals surface area contributed by atoms with Crippen LogP contribution in [0, 0.1) is 0 Å². The zero-order chi connectivity index (χ0) is 9.41. The minimum absolute atomic E-state index is 0.0324. The first-order valence-corrected chi connectivity index (χ1v) is 3.35. The maximum absolute atomic E-state index is 12.3. The second kappa shape index (κ2) is 2.52. The van der Waals surface area contributed by atoms with Crippen LogP contribution < -0.4 is 5.73 Å². The van der Waals surface area contributed by atoms with Crippen LogP contribution in [0.1, 0.15) is 12.6 Å². The van der Waals surface area contributed by atoms with Gasteiger partial charge in [0.05, 0.1) is 0 Å². The van der Waals surface area contributed by atoms with Crippen LogP contribution in [0.15, 0.2) is 18.3 Å². The van der Waals surface area contributed by atoms with E-state index >= 15 is 0 Å². The van der Waals surface area contributed by atoms with E-state index in [2.05, 4.69) is 4.98 Å². The van der Waals surface area contributed by atoms with E-state index in [0.29, 0.717) is 0 Å². The SMILES string of the molecule is C[C@@](N)(c1ccc[nH]1)C(F)(F)F. The van der Waals surface area contributed by atoms with Gasteiger partial charge in [0.1, 0.15) is 5.54 Å². The van der Waals surface area contributed by atoms with Gasteiger partial charge in [-0.2, -0.15) is 13.2 Å². The number of H-pyrrole nitrogens is 1. The first-order chi connectivity index (χ1) is 5.36. The van der Waals surface area contributed by atoms with Gasteiger partial charge in [0.25, 0.3) is 0 Å². The third kappa shape index (κ3) is 1.32. The third-order valence-corrected chi connectivity index (χ3v) is 1.75. The lowest BCUT2D eigenvalue weighted by atomic mass is 9.99. The lowest BCUT2D eigenvalue weighted by Crippen LogP contribution is -2.47. The maximum Gasteiger partial charge on any atom is 0.411 e. The van der Waals surface area contributed by atoms with Crippen molar-refractivity contribution in [2.75, 3.05) is 0 Å². The van der Waals surface area contributed by atoms with Crippen molar-refractivity contribution in [3.63, 3.8) is 0 Å². The van der Waals surface area contributed by atoms with Crippen molar-refractivity contribution in [2.45, 2.75) is 18.6 Å². The highest BCUT2D eigenvalue weighted by atomic mass is 19.4. The fourth-order valence-corrected chi connectivity index (χ4v) is 0.806. The zero-order valence-corrected chi connectivity index (χ0v) is 6.44. The van der Waals surface area contributed by atoms with Gasteiger partial charge in [0.15, 0.2) is 0 Å². The van der Waals surface area contributed by atoms with Crippen molar-refractivity contribution in [2.24, 2.45) is 5.73 Å². The van der Waals surface area contributed by atoms with Crippen LogP contribution in [-0.4, -0.2) is 11.2 Å². The number of nitrogens with two attached hydrogens (primary N) is 1. The largest absolute Gasteiger partial charge is 0.411 e. The number of aromatic nitrogens is 1. The van der Waals surface area contributed by atoms with E-state index in [1.807, 2.05) is 0 Å². The molecule has 2 nitrogen and oxygen atoms in total. The van der Waals surface area contributed by atoms with Gasteiger partial charge < -0.3 is 10.7 Å². The van der Waals surface area contributed by atoms with E-state index in [-0.39, 0.29) is 5.69 Å². The molecule has 3 N–H and O–H groups in total. The van der Waals surface area contributed by atoms with Gasteiger partial charge in [-0.3, -0.25) is 0 Å². The molecule has 1 heterocycles. The van der Waals surface area contributed by atoms with Crippen molar-refractivity contribution in [1.29, 1.82) is 0 Å². The van der Waals surface area contributed by atoms with Crippen molar-refractivity contribution in [1.82, 2.24) is 4.98 Å². The van der Waals surface area contributed by atoms with Crippen molar-refractivity contribution >= 4 is 0 Å². The number of hydrogen-bond acceptors (Lipinski definition) is 1. The Labute approximate surface area is 67.6 Å². The Kier molecular flexibility index (Phi) is 1.91. The van der Waals surface area contributed by atoms with Crippen LogP contribution in [0.2, 0.25) is 0 Å². The molecule has 0 saturated carbocycles. The molecule has 1 aromatic heterocycles. The molecule has 5 heteroatoms. The van der Waals surface area contributed by atoms with E-state index < -0.39 is 11.7 Å². The van der Waals surface area contributed by atoms with Crippen LogP contribution >= 0.6 is 0 Å². The second-order valence-electron chi connectivity index (χ2n) is 2.78. The van der Waals surface area contributed by atoms with E-state index in [4.69, 9.17) is 5.73 Å². The highest BCUT2D eigenvalue weighted by Gasteiger charge is 2.50. The fraction of sp³-hybridized carbons (Fsp3) is 0.429. The van der Waals surface area contributed by atoms with Crippen LogP contribution in [-0.2, 0) is 5.54 Å². The van der Waals surface area contributed by atoms with E-state index in [9.17, 15) is 13.2 Å². The summed E-state index contributed by atoms with van der Waals surface area (Å²) in [6, 6.07) is 2.79. The topological polar surface area (TPSA) is 41.8 Å². The summed E-state index contributed by atoms with van der Waals surface area (Å²) in [4.78, 5) is 2.44. The van der Waals surface area contributed by atoms with E-state index in [1.54, 1.807) is 0 Å². The summed E-state index contributed by atoms with van der Waals surface area (Å²) < 4.78 is 36.8. The average Bonchev–Trinajstić information content (AvgIpc) is 2.34. The molecule has 1 rings (SSSR count). The molecule has 0 aliphatic carbocycles. The highest BCUT2D eigenvalue weighted by Crippen LogP contribution is 2.35. The van der Waals surface area contributed by atoms with Crippen LogP contribution in [0.25, 0.3) is 0 Å². The summed E-state index contributed by atoms with van der Waals surface area (Å²) >= 11 is 0. The van der Waals surface area contributed by atoms with Gasteiger partial charge in [-0.05, 0) is 19.1 Å². The summed E-state index contributed by atoms with van der Waals surface area (Å²) in [5.74, 6) is 0. The monoisotopic (exact) mass is 178 g/mol. The molecule has 12 heavy (non-hydrogen) atoms. The number of rotatable bonds is 1. The normalized spacial score (nSPS) is 17.4. The number of alkyl halides is 3. The number of hydrogen-bond donors (Lipinski definition) is 2. The number of aromatic amines is 1.